The number of carbonyl (C=O) groups excluding carboxylic acids is 2. The van der Waals surface area contributed by atoms with Crippen molar-refractivity contribution in [1.29, 1.82) is 0 Å². The van der Waals surface area contributed by atoms with Crippen LogP contribution < -0.4 is 10.8 Å². The van der Waals surface area contributed by atoms with Crippen molar-refractivity contribution in [3.05, 3.63) is 0 Å². The minimum atomic E-state index is -1.87. The number of rotatable bonds is 18. The van der Waals surface area contributed by atoms with E-state index < -0.39 is 28.3 Å². The molecule has 0 saturated heterocycles. The summed E-state index contributed by atoms with van der Waals surface area (Å²) >= 11 is 0. The third kappa shape index (κ3) is 17.7. The lowest BCUT2D eigenvalue weighted by molar-refractivity contribution is -0.127. The molecular weight excluding hydrogens is 548 g/mol. The first-order chi connectivity index (χ1) is 18.1. The van der Waals surface area contributed by atoms with Crippen molar-refractivity contribution in [2.75, 3.05) is 46.2 Å². The Morgan fingerprint density at radius 1 is 0.675 bits per heavy atom. The first-order valence-electron chi connectivity index (χ1n) is 14.4. The molecule has 2 amide bonds. The fraction of sp³-hybridized carbons (Fsp3) is 0.929. The van der Waals surface area contributed by atoms with Gasteiger partial charge in [-0.05, 0) is 69.9 Å². The molecule has 0 atom stereocenters. The summed E-state index contributed by atoms with van der Waals surface area (Å²) in [4.78, 5) is 29.1. The molecule has 0 aromatic heterocycles. The Hall–Kier alpha value is -1.03. The van der Waals surface area contributed by atoms with Crippen LogP contribution in [0.1, 0.15) is 75.2 Å². The topological polar surface area (TPSA) is 114 Å². The summed E-state index contributed by atoms with van der Waals surface area (Å²) in [7, 11) is -3.73. The van der Waals surface area contributed by atoms with Gasteiger partial charge < -0.3 is 28.4 Å². The number of carbonyl (C=O) groups is 2. The summed E-state index contributed by atoms with van der Waals surface area (Å²) in [5.41, 5.74) is 1.60. The molecule has 0 heterocycles. The van der Waals surface area contributed by atoms with Crippen molar-refractivity contribution < 1.29 is 37.5 Å². The summed E-state index contributed by atoms with van der Waals surface area (Å²) in [6, 6.07) is -0.0588. The molecule has 0 aromatic rings. The summed E-state index contributed by atoms with van der Waals surface area (Å²) in [5.74, 6) is -0.172. The highest BCUT2D eigenvalue weighted by Gasteiger charge is 2.38. The van der Waals surface area contributed by atoms with Gasteiger partial charge in [-0.25, -0.2) is 4.79 Å². The monoisotopic (exact) mass is 608 g/mol. The van der Waals surface area contributed by atoms with Crippen LogP contribution in [0.3, 0.4) is 0 Å². The van der Waals surface area contributed by atoms with E-state index in [2.05, 4.69) is 78.5 Å². The number of hydrogen-bond donors (Lipinski definition) is 2. The maximum absolute atomic E-state index is 12.6. The van der Waals surface area contributed by atoms with Crippen LogP contribution in [0.2, 0.25) is 36.3 Å². The van der Waals surface area contributed by atoms with Crippen LogP contribution in [0, 0.1) is 0 Å². The van der Waals surface area contributed by atoms with Crippen molar-refractivity contribution >= 4 is 28.6 Å². The van der Waals surface area contributed by atoms with Gasteiger partial charge in [-0.15, -0.1) is 0 Å². The fourth-order valence-corrected chi connectivity index (χ4v) is 4.92. The van der Waals surface area contributed by atoms with Gasteiger partial charge in [0, 0.05) is 19.3 Å². The molecule has 40 heavy (non-hydrogen) atoms. The lowest BCUT2D eigenvalue weighted by Crippen LogP contribution is -2.44. The smallest absolute Gasteiger partial charge is 0.431 e. The number of amides is 2. The van der Waals surface area contributed by atoms with E-state index in [9.17, 15) is 9.59 Å². The van der Waals surface area contributed by atoms with Gasteiger partial charge in [0.15, 0.2) is 16.6 Å². The van der Waals surface area contributed by atoms with Crippen LogP contribution in [0.5, 0.6) is 0 Å². The second-order valence-corrected chi connectivity index (χ2v) is 23.8. The lowest BCUT2D eigenvalue weighted by Gasteiger charge is -2.37. The second kappa shape index (κ2) is 17.2. The molecule has 0 aliphatic heterocycles. The molecule has 238 valence electrons. The standard InChI is InChI=1S/C28H60N2O8Si2/c1-26(2,3)38-25(32)30-35-21-20-33-18-19-34-22-24(31)29-23(14-16-36-39(10,11)27(4,5)6)15-17-37-40(12,13)28(7,8)9/h23H,14-22H2,1-13H3,(H,29,31)(H,30,32). The molecule has 0 aromatic carbocycles. The van der Waals surface area contributed by atoms with Crippen LogP contribution in [-0.4, -0.2) is 86.5 Å². The predicted molar refractivity (Wildman–Crippen MR) is 164 cm³/mol. The van der Waals surface area contributed by atoms with Crippen molar-refractivity contribution in [3.63, 3.8) is 0 Å². The average Bonchev–Trinajstić information content (AvgIpc) is 2.74. The van der Waals surface area contributed by atoms with Gasteiger partial charge in [0.05, 0.1) is 26.4 Å². The Bertz CT molecular complexity index is 712. The molecule has 0 bridgehead atoms. The molecular formula is C28H60N2O8Si2. The van der Waals surface area contributed by atoms with Gasteiger partial charge in [-0.3, -0.25) is 9.63 Å². The quantitative estimate of drug-likeness (QED) is 0.114. The van der Waals surface area contributed by atoms with Crippen molar-refractivity contribution in [1.82, 2.24) is 10.8 Å². The summed E-state index contributed by atoms with van der Waals surface area (Å²) in [6.07, 6.45) is 0.789. The highest BCUT2D eigenvalue weighted by Crippen LogP contribution is 2.37. The van der Waals surface area contributed by atoms with Crippen LogP contribution in [0.25, 0.3) is 0 Å². The fourth-order valence-electron chi connectivity index (χ4n) is 2.80. The zero-order valence-electron chi connectivity index (χ0n) is 27.7. The number of hydroxylamine groups is 1. The predicted octanol–water partition coefficient (Wildman–Crippen LogP) is 5.78. The van der Waals surface area contributed by atoms with Gasteiger partial charge in [0.25, 0.3) is 0 Å². The molecule has 0 spiro atoms. The average molecular weight is 609 g/mol. The zero-order valence-corrected chi connectivity index (χ0v) is 29.7. The SMILES string of the molecule is CC(C)(C)OC(=O)NOCCOCCOCC(=O)NC(CCO[Si](C)(C)C(C)(C)C)CCO[Si](C)(C)C(C)(C)C. The first kappa shape index (κ1) is 39.0. The largest absolute Gasteiger partial charge is 0.442 e. The number of nitrogens with one attached hydrogen (secondary N) is 2. The minimum absolute atomic E-state index is 0.0528. The van der Waals surface area contributed by atoms with Crippen LogP contribution >= 0.6 is 0 Å². The molecule has 0 unspecified atom stereocenters. The third-order valence-electron chi connectivity index (χ3n) is 7.33. The minimum Gasteiger partial charge on any atom is -0.442 e. The zero-order chi connectivity index (χ0) is 31.3. The molecule has 0 fully saturated rings. The van der Waals surface area contributed by atoms with Crippen molar-refractivity contribution in [3.8, 4) is 0 Å². The molecule has 0 saturated carbocycles. The van der Waals surface area contributed by atoms with E-state index in [-0.39, 0.29) is 48.5 Å². The van der Waals surface area contributed by atoms with Gasteiger partial charge in [-0.2, -0.15) is 5.48 Å². The maximum Gasteiger partial charge on any atom is 0.431 e. The normalized spacial score (nSPS) is 13.4. The number of hydrogen-bond acceptors (Lipinski definition) is 8. The Balaban J connectivity index is 4.48. The van der Waals surface area contributed by atoms with Gasteiger partial charge in [0.1, 0.15) is 12.2 Å². The van der Waals surface area contributed by atoms with E-state index in [1.807, 2.05) is 0 Å². The molecule has 2 N–H and O–H groups in total. The van der Waals surface area contributed by atoms with E-state index in [4.69, 9.17) is 27.9 Å². The number of ether oxygens (including phenoxy) is 3. The second-order valence-electron chi connectivity index (χ2n) is 14.2. The Kier molecular flexibility index (Phi) is 16.7. The lowest BCUT2D eigenvalue weighted by atomic mass is 10.1. The van der Waals surface area contributed by atoms with Crippen molar-refractivity contribution in [2.45, 2.75) is 123 Å². The molecule has 0 aliphatic rings. The Morgan fingerprint density at radius 2 is 1.12 bits per heavy atom. The van der Waals surface area contributed by atoms with E-state index in [1.165, 1.54) is 0 Å². The van der Waals surface area contributed by atoms with E-state index in [0.29, 0.717) is 19.8 Å². The van der Waals surface area contributed by atoms with E-state index in [0.717, 1.165) is 12.8 Å². The molecule has 0 radical (unpaired) electrons. The van der Waals surface area contributed by atoms with Gasteiger partial charge in [-0.1, -0.05) is 41.5 Å². The van der Waals surface area contributed by atoms with Crippen molar-refractivity contribution in [2.24, 2.45) is 0 Å². The van der Waals surface area contributed by atoms with Crippen LogP contribution in [-0.2, 0) is 32.7 Å². The highest BCUT2D eigenvalue weighted by molar-refractivity contribution is 6.74. The first-order valence-corrected chi connectivity index (χ1v) is 20.2. The summed E-state index contributed by atoms with van der Waals surface area (Å²) in [5, 5.41) is 3.37. The molecule has 0 aliphatic carbocycles. The van der Waals surface area contributed by atoms with E-state index in [1.54, 1.807) is 20.8 Å². The summed E-state index contributed by atoms with van der Waals surface area (Å²) in [6.45, 7) is 29.7. The van der Waals surface area contributed by atoms with Crippen LogP contribution in [0.15, 0.2) is 0 Å². The third-order valence-corrected chi connectivity index (χ3v) is 16.4. The molecule has 12 heteroatoms. The summed E-state index contributed by atoms with van der Waals surface area (Å²) < 4.78 is 28.7. The van der Waals surface area contributed by atoms with Gasteiger partial charge in [0.2, 0.25) is 5.91 Å². The Morgan fingerprint density at radius 3 is 1.57 bits per heavy atom. The maximum atomic E-state index is 12.6. The van der Waals surface area contributed by atoms with Crippen LogP contribution in [0.4, 0.5) is 4.79 Å². The highest BCUT2D eigenvalue weighted by atomic mass is 28.4. The Labute approximate surface area is 246 Å². The van der Waals surface area contributed by atoms with Gasteiger partial charge >= 0.3 is 6.09 Å². The molecule has 10 nitrogen and oxygen atoms in total. The van der Waals surface area contributed by atoms with E-state index >= 15 is 0 Å². The molecule has 0 rings (SSSR count).